The van der Waals surface area contributed by atoms with Crippen molar-refractivity contribution in [3.63, 3.8) is 0 Å². The van der Waals surface area contributed by atoms with Crippen molar-refractivity contribution in [3.05, 3.63) is 126 Å². The second-order valence-corrected chi connectivity index (χ2v) is 10.6. The van der Waals surface area contributed by atoms with E-state index in [-0.39, 0.29) is 11.5 Å². The van der Waals surface area contributed by atoms with Crippen LogP contribution in [0.2, 0.25) is 0 Å². The van der Waals surface area contributed by atoms with Gasteiger partial charge in [0.05, 0.1) is 23.6 Å². The van der Waals surface area contributed by atoms with Gasteiger partial charge in [-0.25, -0.2) is 0 Å². The molecule has 2 aromatic heterocycles. The predicted molar refractivity (Wildman–Crippen MR) is 165 cm³/mol. The average Bonchev–Trinajstić information content (AvgIpc) is 3.55. The summed E-state index contributed by atoms with van der Waals surface area (Å²) in [6.45, 7) is 2.57. The Morgan fingerprint density at radius 3 is 2.24 bits per heavy atom. The van der Waals surface area contributed by atoms with Crippen molar-refractivity contribution in [2.45, 2.75) is 18.5 Å². The van der Waals surface area contributed by atoms with Crippen molar-refractivity contribution in [3.8, 4) is 22.7 Å². The summed E-state index contributed by atoms with van der Waals surface area (Å²) >= 11 is 1.41. The van der Waals surface area contributed by atoms with Gasteiger partial charge in [0.25, 0.3) is 0 Å². The molecule has 4 aromatic carbocycles. The Kier molecular flexibility index (Phi) is 7.69. The molecule has 204 valence electrons. The average molecular weight is 559 g/mol. The fraction of sp³-hybridized carbons (Fsp3) is 0.147. The smallest absolute Gasteiger partial charge is 0.196 e. The van der Waals surface area contributed by atoms with Crippen LogP contribution in [0.4, 0.5) is 0 Å². The lowest BCUT2D eigenvalue weighted by molar-refractivity contribution is 0.102. The number of aromatic nitrogens is 4. The van der Waals surface area contributed by atoms with Crippen molar-refractivity contribution < 1.29 is 9.53 Å². The van der Waals surface area contributed by atoms with E-state index in [2.05, 4.69) is 45.1 Å². The van der Waals surface area contributed by atoms with Gasteiger partial charge in [-0.3, -0.25) is 9.36 Å². The van der Waals surface area contributed by atoms with Crippen LogP contribution in [0, 0.1) is 0 Å². The monoisotopic (exact) mass is 558 g/mol. The first-order chi connectivity index (χ1) is 20.1. The van der Waals surface area contributed by atoms with Crippen molar-refractivity contribution >= 4 is 28.4 Å². The van der Waals surface area contributed by atoms with Crippen LogP contribution in [0.1, 0.15) is 28.7 Å². The first kappa shape index (κ1) is 26.6. The minimum atomic E-state index is 0.0523. The summed E-state index contributed by atoms with van der Waals surface area (Å²) in [6, 6.07) is 36.3. The number of thioether (sulfide) groups is 1. The number of fused-ring (bicyclic) bond motifs is 1. The normalized spacial score (nSPS) is 11.2. The molecule has 0 bridgehead atoms. The van der Waals surface area contributed by atoms with Gasteiger partial charge in [-0.2, -0.15) is 0 Å². The second kappa shape index (κ2) is 11.9. The maximum Gasteiger partial charge on any atom is 0.196 e. The molecule has 7 heteroatoms. The molecule has 0 aliphatic carbocycles. The number of benzene rings is 4. The van der Waals surface area contributed by atoms with Crippen LogP contribution in [0.5, 0.6) is 5.75 Å². The molecule has 0 unspecified atom stereocenters. The van der Waals surface area contributed by atoms with Gasteiger partial charge in [0.1, 0.15) is 11.6 Å². The predicted octanol–water partition coefficient (Wildman–Crippen LogP) is 7.39. The molecule has 41 heavy (non-hydrogen) atoms. The van der Waals surface area contributed by atoms with Crippen LogP contribution < -0.4 is 4.74 Å². The molecule has 2 heterocycles. The van der Waals surface area contributed by atoms with Crippen molar-refractivity contribution in [2.24, 2.45) is 7.05 Å². The fourth-order valence-electron chi connectivity index (χ4n) is 5.22. The van der Waals surface area contributed by atoms with Crippen LogP contribution in [-0.2, 0) is 13.5 Å². The molecule has 0 amide bonds. The van der Waals surface area contributed by atoms with E-state index in [0.717, 1.165) is 50.5 Å². The fourth-order valence-corrected chi connectivity index (χ4v) is 6.06. The summed E-state index contributed by atoms with van der Waals surface area (Å²) in [6.07, 6.45) is 0.622. The highest BCUT2D eigenvalue weighted by Crippen LogP contribution is 2.35. The summed E-state index contributed by atoms with van der Waals surface area (Å²) in [4.78, 5) is 14.0. The molecule has 0 fully saturated rings. The van der Waals surface area contributed by atoms with Gasteiger partial charge in [-0.15, -0.1) is 10.2 Å². The van der Waals surface area contributed by atoms with Crippen molar-refractivity contribution in [1.29, 1.82) is 0 Å². The first-order valence-corrected chi connectivity index (χ1v) is 14.6. The zero-order valence-corrected chi connectivity index (χ0v) is 23.8. The highest BCUT2D eigenvalue weighted by Gasteiger charge is 2.24. The van der Waals surface area contributed by atoms with Gasteiger partial charge in [0.15, 0.2) is 10.9 Å². The highest BCUT2D eigenvalue weighted by molar-refractivity contribution is 7.99. The molecule has 0 atom stereocenters. The van der Waals surface area contributed by atoms with E-state index >= 15 is 0 Å². The van der Waals surface area contributed by atoms with E-state index in [0.29, 0.717) is 18.2 Å². The molecule has 0 spiro atoms. The molecule has 0 N–H and O–H groups in total. The standard InChI is InChI=1S/C34H30N4O2S/c1-3-40-27-20-18-26(19-21-27)38-31(22-24-12-6-4-7-13-24)35-36-34(38)41-23-30(39)32-28-16-10-11-17-29(28)37(2)33(32)25-14-8-5-9-15-25/h4-21H,3,22-23H2,1-2H3. The lowest BCUT2D eigenvalue weighted by Crippen LogP contribution is -2.08. The van der Waals surface area contributed by atoms with E-state index in [4.69, 9.17) is 4.74 Å². The molecule has 6 rings (SSSR count). The van der Waals surface area contributed by atoms with E-state index in [9.17, 15) is 4.79 Å². The maximum atomic E-state index is 14.0. The van der Waals surface area contributed by atoms with Crippen LogP contribution >= 0.6 is 11.8 Å². The highest BCUT2D eigenvalue weighted by atomic mass is 32.2. The third-order valence-corrected chi connectivity index (χ3v) is 8.01. The number of hydrogen-bond donors (Lipinski definition) is 0. The Morgan fingerprint density at radius 2 is 1.51 bits per heavy atom. The Balaban J connectivity index is 1.35. The Labute approximate surface area is 243 Å². The topological polar surface area (TPSA) is 61.9 Å². The number of ketones is 1. The summed E-state index contributed by atoms with van der Waals surface area (Å²) < 4.78 is 9.81. The first-order valence-electron chi connectivity index (χ1n) is 13.6. The van der Waals surface area contributed by atoms with Gasteiger partial charge in [-0.1, -0.05) is 90.6 Å². The van der Waals surface area contributed by atoms with Crippen LogP contribution in [0.25, 0.3) is 27.8 Å². The third kappa shape index (κ3) is 5.41. The van der Waals surface area contributed by atoms with Gasteiger partial charge >= 0.3 is 0 Å². The largest absolute Gasteiger partial charge is 0.494 e. The van der Waals surface area contributed by atoms with Gasteiger partial charge in [-0.05, 0) is 48.4 Å². The molecule has 6 nitrogen and oxygen atoms in total. The number of nitrogens with zero attached hydrogens (tertiary/aromatic N) is 4. The summed E-state index contributed by atoms with van der Waals surface area (Å²) in [5.41, 5.74) is 5.77. The number of rotatable bonds is 10. The lowest BCUT2D eigenvalue weighted by Gasteiger charge is -2.12. The number of Topliss-reactive ketones (excluding diaryl/α,β-unsaturated/α-hetero) is 1. The Bertz CT molecular complexity index is 1790. The Hall–Kier alpha value is -4.62. The minimum Gasteiger partial charge on any atom is -0.494 e. The number of ether oxygens (including phenoxy) is 1. The third-order valence-electron chi connectivity index (χ3n) is 7.08. The van der Waals surface area contributed by atoms with E-state index in [1.165, 1.54) is 11.8 Å². The second-order valence-electron chi connectivity index (χ2n) is 9.70. The zero-order chi connectivity index (χ0) is 28.2. The van der Waals surface area contributed by atoms with Crippen molar-refractivity contribution in [2.75, 3.05) is 12.4 Å². The zero-order valence-electron chi connectivity index (χ0n) is 23.0. The van der Waals surface area contributed by atoms with Gasteiger partial charge < -0.3 is 9.30 Å². The molecule has 0 aliphatic heterocycles. The summed E-state index contributed by atoms with van der Waals surface area (Å²) in [5.74, 6) is 1.90. The Morgan fingerprint density at radius 1 is 0.829 bits per heavy atom. The van der Waals surface area contributed by atoms with E-state index in [1.54, 1.807) is 0 Å². The molecule has 0 saturated carbocycles. The van der Waals surface area contributed by atoms with Crippen LogP contribution in [-0.4, -0.2) is 37.5 Å². The lowest BCUT2D eigenvalue weighted by atomic mass is 10.0. The number of carbonyl (C=O) groups is 1. The summed E-state index contributed by atoms with van der Waals surface area (Å²) in [7, 11) is 2.02. The maximum absolute atomic E-state index is 14.0. The van der Waals surface area contributed by atoms with Crippen molar-refractivity contribution in [1.82, 2.24) is 19.3 Å². The number of hydrogen-bond acceptors (Lipinski definition) is 5. The SMILES string of the molecule is CCOc1ccc(-n2c(Cc3ccccc3)nnc2SCC(=O)c2c(-c3ccccc3)n(C)c3ccccc23)cc1. The molecular weight excluding hydrogens is 528 g/mol. The molecular formula is C34H30N4O2S. The van der Waals surface area contributed by atoms with Gasteiger partial charge in [0.2, 0.25) is 0 Å². The van der Waals surface area contributed by atoms with E-state index in [1.807, 2.05) is 97.4 Å². The van der Waals surface area contributed by atoms with Crippen LogP contribution in [0.15, 0.2) is 114 Å². The number of aryl methyl sites for hydroxylation is 1. The van der Waals surface area contributed by atoms with Gasteiger partial charge in [0, 0.05) is 30.1 Å². The van der Waals surface area contributed by atoms with Crippen LogP contribution in [0.3, 0.4) is 0 Å². The number of para-hydroxylation sites is 1. The molecule has 0 radical (unpaired) electrons. The quantitative estimate of drug-likeness (QED) is 0.130. The molecule has 0 saturated heterocycles. The van der Waals surface area contributed by atoms with E-state index < -0.39 is 0 Å². The number of carbonyl (C=O) groups excluding carboxylic acids is 1. The molecule has 6 aromatic rings. The minimum absolute atomic E-state index is 0.0523. The molecule has 0 aliphatic rings. The summed E-state index contributed by atoms with van der Waals surface area (Å²) in [5, 5.41) is 10.7.